The van der Waals surface area contributed by atoms with Gasteiger partial charge in [-0.25, -0.2) is 0 Å². The predicted octanol–water partition coefficient (Wildman–Crippen LogP) is 0.875. The molecule has 0 aromatic carbocycles. The molecule has 0 radical (unpaired) electrons. The van der Waals surface area contributed by atoms with Crippen LogP contribution in [0.3, 0.4) is 0 Å². The molecule has 1 aromatic rings. The lowest BCUT2D eigenvalue weighted by Crippen LogP contribution is -2.07. The molecular formula is C5H5NO2. The first-order valence-electron chi connectivity index (χ1n) is 2.46. The molecular weight excluding hydrogens is 106 g/mol. The van der Waals surface area contributed by atoms with Crippen LogP contribution in [0.4, 0.5) is 0 Å². The van der Waals surface area contributed by atoms with Crippen molar-refractivity contribution in [1.29, 1.82) is 0 Å². The van der Waals surface area contributed by atoms with Gasteiger partial charge in [-0.05, 0) is 12.1 Å². The molecule has 1 aliphatic rings. The van der Waals surface area contributed by atoms with E-state index in [-0.39, 0.29) is 0 Å². The Bertz CT molecular complexity index is 203. The van der Waals surface area contributed by atoms with E-state index in [1.807, 2.05) is 6.92 Å². The highest BCUT2D eigenvalue weighted by Crippen LogP contribution is 2.29. The van der Waals surface area contributed by atoms with Crippen molar-refractivity contribution in [3.8, 4) is 5.88 Å². The zero-order valence-corrected chi connectivity index (χ0v) is 4.47. The zero-order chi connectivity index (χ0) is 5.56. The number of rotatable bonds is 0. The Kier molecular flexibility index (Phi) is 0.516. The number of ether oxygens (including phenoxy) is 1. The van der Waals surface area contributed by atoms with E-state index in [1.54, 1.807) is 0 Å². The fraction of sp³-hybridized carbons (Fsp3) is 0.400. The first-order chi connectivity index (χ1) is 3.88. The number of hydrogen-bond acceptors (Lipinski definition) is 3. The molecule has 0 saturated carbocycles. The number of aromatic nitrogens is 1. The van der Waals surface area contributed by atoms with Crippen LogP contribution in [-0.4, -0.2) is 5.16 Å². The van der Waals surface area contributed by atoms with Gasteiger partial charge in [-0.2, -0.15) is 0 Å². The lowest BCUT2D eigenvalue weighted by molar-refractivity contribution is 0.225. The molecule has 0 N–H and O–H groups in total. The zero-order valence-electron chi connectivity index (χ0n) is 4.47. The summed E-state index contributed by atoms with van der Waals surface area (Å²) >= 11 is 0. The van der Waals surface area contributed by atoms with E-state index >= 15 is 0 Å². The molecule has 0 aliphatic carbocycles. The lowest BCUT2D eigenvalue weighted by atomic mass is 10.2. The van der Waals surface area contributed by atoms with Crippen molar-refractivity contribution in [2.24, 2.45) is 0 Å². The summed E-state index contributed by atoms with van der Waals surface area (Å²) in [4.78, 5) is 0. The molecule has 0 amide bonds. The largest absolute Gasteiger partial charge is 0.470 e. The van der Waals surface area contributed by atoms with Crippen molar-refractivity contribution >= 4 is 0 Å². The molecule has 1 aromatic heterocycles. The van der Waals surface area contributed by atoms with Crippen molar-refractivity contribution in [1.82, 2.24) is 5.16 Å². The van der Waals surface area contributed by atoms with Crippen LogP contribution in [0.2, 0.25) is 0 Å². The highest BCUT2D eigenvalue weighted by Gasteiger charge is 2.22. The van der Waals surface area contributed by atoms with Gasteiger partial charge in [0.25, 0.3) is 5.88 Å². The molecule has 0 bridgehead atoms. The van der Waals surface area contributed by atoms with Gasteiger partial charge in [-0.1, -0.05) is 0 Å². The van der Waals surface area contributed by atoms with Crippen molar-refractivity contribution in [3.63, 3.8) is 0 Å². The number of aryl methyl sites for hydroxylation is 1. The van der Waals surface area contributed by atoms with E-state index in [0.29, 0.717) is 12.5 Å². The van der Waals surface area contributed by atoms with Crippen LogP contribution in [0.25, 0.3) is 0 Å². The highest BCUT2D eigenvalue weighted by molar-refractivity contribution is 5.32. The van der Waals surface area contributed by atoms with Crippen molar-refractivity contribution in [3.05, 3.63) is 11.3 Å². The first kappa shape index (κ1) is 3.95. The van der Waals surface area contributed by atoms with Gasteiger partial charge >= 0.3 is 0 Å². The molecule has 0 atom stereocenters. The topological polar surface area (TPSA) is 35.3 Å². The first-order valence-corrected chi connectivity index (χ1v) is 2.46. The summed E-state index contributed by atoms with van der Waals surface area (Å²) in [5.74, 6) is 1.55. The smallest absolute Gasteiger partial charge is 0.261 e. The standard InChI is InChI=1S/C5H5NO2/c1-3-4-2-7-5(4)6-8-3/h2H2,1H3. The third-order valence-corrected chi connectivity index (χ3v) is 1.30. The van der Waals surface area contributed by atoms with Crippen molar-refractivity contribution < 1.29 is 9.26 Å². The second kappa shape index (κ2) is 1.05. The number of hydrogen-bond donors (Lipinski definition) is 0. The van der Waals surface area contributed by atoms with E-state index in [1.165, 1.54) is 0 Å². The SMILES string of the molecule is Cc1onc2c1CO2. The number of fused-ring (bicyclic) bond motifs is 1. The minimum Gasteiger partial charge on any atom is -0.470 e. The summed E-state index contributed by atoms with van der Waals surface area (Å²) < 4.78 is 9.67. The lowest BCUT2D eigenvalue weighted by Gasteiger charge is -2.10. The van der Waals surface area contributed by atoms with Gasteiger partial charge in [0.15, 0.2) is 0 Å². The van der Waals surface area contributed by atoms with Crippen LogP contribution < -0.4 is 4.74 Å². The third kappa shape index (κ3) is 0.278. The highest BCUT2D eigenvalue weighted by atomic mass is 16.6. The summed E-state index contributed by atoms with van der Waals surface area (Å²) in [7, 11) is 0. The molecule has 0 spiro atoms. The molecule has 0 saturated heterocycles. The van der Waals surface area contributed by atoms with Crippen molar-refractivity contribution in [2.45, 2.75) is 13.5 Å². The number of nitrogens with zero attached hydrogens (tertiary/aromatic N) is 1. The molecule has 0 unspecified atom stereocenters. The fourth-order valence-electron chi connectivity index (χ4n) is 0.708. The maximum absolute atomic E-state index is 4.89. The average molecular weight is 111 g/mol. The Morgan fingerprint density at radius 3 is 2.75 bits per heavy atom. The van der Waals surface area contributed by atoms with E-state index in [2.05, 4.69) is 5.16 Å². The fourth-order valence-corrected chi connectivity index (χ4v) is 0.708. The summed E-state index contributed by atoms with van der Waals surface area (Å²) in [5, 5.41) is 3.61. The molecule has 8 heavy (non-hydrogen) atoms. The molecule has 2 heterocycles. The van der Waals surface area contributed by atoms with Crippen molar-refractivity contribution in [2.75, 3.05) is 0 Å². The van der Waals surface area contributed by atoms with Crippen LogP contribution >= 0.6 is 0 Å². The molecule has 0 fully saturated rings. The van der Waals surface area contributed by atoms with Gasteiger partial charge in [-0.15, -0.1) is 0 Å². The minimum absolute atomic E-state index is 0.669. The average Bonchev–Trinajstić information content (AvgIpc) is 1.80. The second-order valence-electron chi connectivity index (χ2n) is 1.81. The Morgan fingerprint density at radius 2 is 2.50 bits per heavy atom. The predicted molar refractivity (Wildman–Crippen MR) is 25.6 cm³/mol. The third-order valence-electron chi connectivity index (χ3n) is 1.30. The van der Waals surface area contributed by atoms with Crippen LogP contribution in [0.1, 0.15) is 11.3 Å². The van der Waals surface area contributed by atoms with E-state index in [0.717, 1.165) is 11.3 Å². The van der Waals surface area contributed by atoms with Gasteiger partial charge in [0.2, 0.25) is 0 Å². The summed E-state index contributed by atoms with van der Waals surface area (Å²) in [6.45, 7) is 2.55. The van der Waals surface area contributed by atoms with E-state index < -0.39 is 0 Å². The summed E-state index contributed by atoms with van der Waals surface area (Å²) in [6, 6.07) is 0. The van der Waals surface area contributed by atoms with Gasteiger partial charge < -0.3 is 9.26 Å². The summed E-state index contributed by atoms with van der Waals surface area (Å²) in [6.07, 6.45) is 0. The van der Waals surface area contributed by atoms with E-state index in [9.17, 15) is 0 Å². The summed E-state index contributed by atoms with van der Waals surface area (Å²) in [5.41, 5.74) is 1.12. The van der Waals surface area contributed by atoms with Gasteiger partial charge in [-0.3, -0.25) is 0 Å². The van der Waals surface area contributed by atoms with Crippen LogP contribution in [0, 0.1) is 6.92 Å². The molecule has 3 nitrogen and oxygen atoms in total. The maximum atomic E-state index is 4.89. The minimum atomic E-state index is 0.669. The molecule has 2 rings (SSSR count). The Morgan fingerprint density at radius 1 is 1.62 bits per heavy atom. The Hall–Kier alpha value is -0.990. The van der Waals surface area contributed by atoms with E-state index in [4.69, 9.17) is 9.26 Å². The monoisotopic (exact) mass is 111 g/mol. The Balaban J connectivity index is 2.66. The molecule has 42 valence electrons. The van der Waals surface area contributed by atoms with Crippen LogP contribution in [0.5, 0.6) is 5.88 Å². The second-order valence-corrected chi connectivity index (χ2v) is 1.81. The van der Waals surface area contributed by atoms with Gasteiger partial charge in [0.05, 0.1) is 5.56 Å². The Labute approximate surface area is 46.2 Å². The quantitative estimate of drug-likeness (QED) is 0.498. The maximum Gasteiger partial charge on any atom is 0.261 e. The van der Waals surface area contributed by atoms with Crippen LogP contribution in [0.15, 0.2) is 4.52 Å². The molecule has 3 heteroatoms. The van der Waals surface area contributed by atoms with Gasteiger partial charge in [0, 0.05) is 0 Å². The normalized spacial score (nSPS) is 14.1. The van der Waals surface area contributed by atoms with Crippen LogP contribution in [-0.2, 0) is 6.61 Å². The molecule has 1 aliphatic heterocycles. The van der Waals surface area contributed by atoms with Gasteiger partial charge in [0.1, 0.15) is 12.4 Å².